The van der Waals surface area contributed by atoms with E-state index in [1.165, 1.54) is 45.4 Å². The van der Waals surface area contributed by atoms with Crippen LogP contribution in [0.25, 0.3) is 0 Å². The minimum absolute atomic E-state index is 0.500. The molecule has 0 atom stereocenters. The van der Waals surface area contributed by atoms with Crippen molar-refractivity contribution in [1.82, 2.24) is 10.2 Å². The van der Waals surface area contributed by atoms with Crippen LogP contribution in [-0.2, 0) is 0 Å². The fourth-order valence-corrected chi connectivity index (χ4v) is 2.52. The minimum Gasteiger partial charge on any atom is -0.317 e. The topological polar surface area (TPSA) is 15.3 Å². The first kappa shape index (κ1) is 14.0. The summed E-state index contributed by atoms with van der Waals surface area (Å²) in [6.45, 7) is 13.9. The maximum absolute atomic E-state index is 3.43. The monoisotopic (exact) mass is 226 g/mol. The van der Waals surface area contributed by atoms with Gasteiger partial charge in [0.1, 0.15) is 0 Å². The van der Waals surface area contributed by atoms with Crippen molar-refractivity contribution >= 4 is 0 Å². The van der Waals surface area contributed by atoms with Crippen molar-refractivity contribution < 1.29 is 0 Å². The summed E-state index contributed by atoms with van der Waals surface area (Å²) in [4.78, 5) is 2.48. The molecule has 2 aliphatic heterocycles. The Labute approximate surface area is 102 Å². The molecule has 2 rings (SSSR count). The quantitative estimate of drug-likeness (QED) is 0.683. The maximum atomic E-state index is 3.43. The van der Waals surface area contributed by atoms with Crippen molar-refractivity contribution in [2.75, 3.05) is 33.2 Å². The van der Waals surface area contributed by atoms with Gasteiger partial charge in [-0.15, -0.1) is 0 Å². The second-order valence-corrected chi connectivity index (χ2v) is 7.24. The summed E-state index contributed by atoms with van der Waals surface area (Å²) in [5.74, 6) is 0. The van der Waals surface area contributed by atoms with Crippen LogP contribution in [0.3, 0.4) is 0 Å². The first-order chi connectivity index (χ1) is 7.31. The van der Waals surface area contributed by atoms with Crippen LogP contribution in [0, 0.1) is 10.8 Å². The third-order valence-corrected chi connectivity index (χ3v) is 3.29. The molecular formula is C14H30N2. The average molecular weight is 226 g/mol. The van der Waals surface area contributed by atoms with Crippen LogP contribution < -0.4 is 5.32 Å². The van der Waals surface area contributed by atoms with Crippen molar-refractivity contribution in [3.63, 3.8) is 0 Å². The van der Waals surface area contributed by atoms with Gasteiger partial charge in [0.25, 0.3) is 0 Å². The SMILES string of the molecule is CC(C)(C)C.CN1CCC2(CCNCC2)C1. The van der Waals surface area contributed by atoms with Crippen molar-refractivity contribution in [3.8, 4) is 0 Å². The lowest BCUT2D eigenvalue weighted by Gasteiger charge is -2.33. The summed E-state index contributed by atoms with van der Waals surface area (Å²) in [5, 5.41) is 3.43. The molecule has 2 fully saturated rings. The zero-order valence-electron chi connectivity index (χ0n) is 11.9. The molecule has 2 nitrogen and oxygen atoms in total. The summed E-state index contributed by atoms with van der Waals surface area (Å²) < 4.78 is 0. The fraction of sp³-hybridized carbons (Fsp3) is 1.00. The number of rotatable bonds is 0. The summed E-state index contributed by atoms with van der Waals surface area (Å²) in [5.41, 5.74) is 1.21. The average Bonchev–Trinajstić information content (AvgIpc) is 2.46. The predicted molar refractivity (Wildman–Crippen MR) is 71.8 cm³/mol. The van der Waals surface area contributed by atoms with Gasteiger partial charge in [-0.25, -0.2) is 0 Å². The van der Waals surface area contributed by atoms with Crippen molar-refractivity contribution in [3.05, 3.63) is 0 Å². The lowest BCUT2D eigenvalue weighted by Crippen LogP contribution is -2.38. The van der Waals surface area contributed by atoms with Crippen molar-refractivity contribution in [2.24, 2.45) is 10.8 Å². The molecule has 1 N–H and O–H groups in total. The van der Waals surface area contributed by atoms with Crippen LogP contribution in [-0.4, -0.2) is 38.1 Å². The van der Waals surface area contributed by atoms with Crippen molar-refractivity contribution in [2.45, 2.75) is 47.0 Å². The smallest absolute Gasteiger partial charge is 0.00364 e. The van der Waals surface area contributed by atoms with Crippen LogP contribution in [0.1, 0.15) is 47.0 Å². The lowest BCUT2D eigenvalue weighted by atomic mass is 9.78. The van der Waals surface area contributed by atoms with Crippen LogP contribution in [0.4, 0.5) is 0 Å². The molecule has 16 heavy (non-hydrogen) atoms. The molecule has 0 saturated carbocycles. The fourth-order valence-electron chi connectivity index (χ4n) is 2.52. The first-order valence-electron chi connectivity index (χ1n) is 6.70. The van der Waals surface area contributed by atoms with Crippen LogP contribution in [0.5, 0.6) is 0 Å². The van der Waals surface area contributed by atoms with E-state index in [0.717, 1.165) is 0 Å². The normalized spacial score (nSPS) is 25.3. The van der Waals surface area contributed by atoms with E-state index in [1.807, 2.05) is 0 Å². The Hall–Kier alpha value is -0.0800. The third-order valence-electron chi connectivity index (χ3n) is 3.29. The minimum atomic E-state index is 0.500. The molecule has 0 aromatic heterocycles. The molecule has 2 heterocycles. The van der Waals surface area contributed by atoms with E-state index in [4.69, 9.17) is 0 Å². The highest BCUT2D eigenvalue weighted by Crippen LogP contribution is 2.37. The van der Waals surface area contributed by atoms with Gasteiger partial charge in [0.05, 0.1) is 0 Å². The standard InChI is InChI=1S/C9H18N2.C5H12/c1-11-7-4-9(8-11)2-5-10-6-3-9;1-5(2,3)4/h10H,2-8H2,1H3;1-4H3. The number of piperidine rings is 1. The van der Waals surface area contributed by atoms with Gasteiger partial charge >= 0.3 is 0 Å². The van der Waals surface area contributed by atoms with Crippen LogP contribution in [0.2, 0.25) is 0 Å². The van der Waals surface area contributed by atoms with Gasteiger partial charge in [-0.2, -0.15) is 0 Å². The Morgan fingerprint density at radius 3 is 1.88 bits per heavy atom. The van der Waals surface area contributed by atoms with Gasteiger partial charge in [0, 0.05) is 6.54 Å². The van der Waals surface area contributed by atoms with E-state index in [-0.39, 0.29) is 0 Å². The molecule has 0 unspecified atom stereocenters. The number of nitrogens with zero attached hydrogens (tertiary/aromatic N) is 1. The van der Waals surface area contributed by atoms with E-state index in [1.54, 1.807) is 0 Å². The zero-order valence-corrected chi connectivity index (χ0v) is 11.9. The maximum Gasteiger partial charge on any atom is 0.00364 e. The third kappa shape index (κ3) is 5.31. The number of hydrogen-bond donors (Lipinski definition) is 1. The summed E-state index contributed by atoms with van der Waals surface area (Å²) in [6, 6.07) is 0. The second-order valence-electron chi connectivity index (χ2n) is 7.24. The largest absolute Gasteiger partial charge is 0.317 e. The van der Waals surface area contributed by atoms with Crippen LogP contribution >= 0.6 is 0 Å². The van der Waals surface area contributed by atoms with E-state index < -0.39 is 0 Å². The molecule has 0 amide bonds. The van der Waals surface area contributed by atoms with Gasteiger partial charge in [0.2, 0.25) is 0 Å². The highest BCUT2D eigenvalue weighted by atomic mass is 15.1. The van der Waals surface area contributed by atoms with E-state index in [2.05, 4.69) is 45.0 Å². The lowest BCUT2D eigenvalue weighted by molar-refractivity contribution is 0.207. The van der Waals surface area contributed by atoms with E-state index in [0.29, 0.717) is 10.8 Å². The highest BCUT2D eigenvalue weighted by Gasteiger charge is 2.37. The van der Waals surface area contributed by atoms with Crippen molar-refractivity contribution in [1.29, 1.82) is 0 Å². The Kier molecular flexibility index (Phi) is 4.81. The molecule has 0 bridgehead atoms. The predicted octanol–water partition coefficient (Wildman–Crippen LogP) is 2.74. The van der Waals surface area contributed by atoms with E-state index >= 15 is 0 Å². The summed E-state index contributed by atoms with van der Waals surface area (Å²) >= 11 is 0. The Bertz CT molecular complexity index is 188. The molecule has 0 aromatic rings. The molecule has 2 saturated heterocycles. The van der Waals surface area contributed by atoms with Gasteiger partial charge in [-0.05, 0) is 56.8 Å². The second kappa shape index (κ2) is 5.50. The Balaban J connectivity index is 0.000000221. The number of hydrogen-bond acceptors (Lipinski definition) is 2. The number of nitrogens with one attached hydrogen (secondary N) is 1. The summed E-state index contributed by atoms with van der Waals surface area (Å²) in [6.07, 6.45) is 4.24. The molecule has 96 valence electrons. The molecule has 1 spiro atoms. The van der Waals surface area contributed by atoms with Crippen LogP contribution in [0.15, 0.2) is 0 Å². The highest BCUT2D eigenvalue weighted by molar-refractivity contribution is 4.91. The molecule has 0 aliphatic carbocycles. The molecule has 0 aromatic carbocycles. The molecular weight excluding hydrogens is 196 g/mol. The zero-order chi connectivity index (χ0) is 12.2. The Morgan fingerprint density at radius 1 is 1.00 bits per heavy atom. The van der Waals surface area contributed by atoms with Gasteiger partial charge in [-0.1, -0.05) is 27.7 Å². The molecule has 0 radical (unpaired) electrons. The summed E-state index contributed by atoms with van der Waals surface area (Å²) in [7, 11) is 2.25. The van der Waals surface area contributed by atoms with E-state index in [9.17, 15) is 0 Å². The molecule has 2 aliphatic rings. The molecule has 2 heteroatoms. The number of likely N-dealkylation sites (tertiary alicyclic amines) is 1. The first-order valence-corrected chi connectivity index (χ1v) is 6.70. The Morgan fingerprint density at radius 2 is 1.50 bits per heavy atom. The van der Waals surface area contributed by atoms with Gasteiger partial charge in [0.15, 0.2) is 0 Å². The van der Waals surface area contributed by atoms with Gasteiger partial charge < -0.3 is 10.2 Å². The van der Waals surface area contributed by atoms with Gasteiger partial charge in [-0.3, -0.25) is 0 Å².